The lowest BCUT2D eigenvalue weighted by Gasteiger charge is -2.16. The van der Waals surface area contributed by atoms with Crippen LogP contribution in [0.4, 0.5) is 5.82 Å². The molecule has 0 radical (unpaired) electrons. The summed E-state index contributed by atoms with van der Waals surface area (Å²) in [5.41, 5.74) is 5.35. The highest BCUT2D eigenvalue weighted by Gasteiger charge is 2.01. The fourth-order valence-corrected chi connectivity index (χ4v) is 1.03. The number of nitrogens with two attached hydrogens (primary N) is 1. The molecule has 0 fully saturated rings. The molecule has 1 aromatic rings. The van der Waals surface area contributed by atoms with Crippen LogP contribution in [0.1, 0.15) is 6.42 Å². The van der Waals surface area contributed by atoms with Crippen LogP contribution in [0.5, 0.6) is 0 Å². The zero-order valence-corrected chi connectivity index (χ0v) is 8.09. The zero-order valence-electron chi connectivity index (χ0n) is 8.09. The third-order valence-electron chi connectivity index (χ3n) is 1.87. The fourth-order valence-electron chi connectivity index (χ4n) is 1.03. The highest BCUT2D eigenvalue weighted by molar-refractivity contribution is 5.80. The minimum absolute atomic E-state index is 0.229. The number of amidine groups is 1. The van der Waals surface area contributed by atoms with E-state index in [-0.39, 0.29) is 5.84 Å². The van der Waals surface area contributed by atoms with Gasteiger partial charge in [0, 0.05) is 26.2 Å². The van der Waals surface area contributed by atoms with Crippen molar-refractivity contribution in [3.8, 4) is 0 Å². The molecule has 0 aromatic carbocycles. The molecule has 0 aliphatic heterocycles. The van der Waals surface area contributed by atoms with Crippen molar-refractivity contribution in [2.75, 3.05) is 18.5 Å². The lowest BCUT2D eigenvalue weighted by molar-refractivity contribution is 0.317. The quantitative estimate of drug-likeness (QED) is 0.319. The standard InChI is InChI=1S/C9H14N4O/c1-13(7-5-8(10)12-14)9-4-2-3-6-11-9/h2-4,6,14H,5,7H2,1H3,(H2,10,12). The van der Waals surface area contributed by atoms with Crippen molar-refractivity contribution in [3.05, 3.63) is 24.4 Å². The third-order valence-corrected chi connectivity index (χ3v) is 1.87. The van der Waals surface area contributed by atoms with Crippen LogP contribution in [0.2, 0.25) is 0 Å². The topological polar surface area (TPSA) is 74.7 Å². The lowest BCUT2D eigenvalue weighted by atomic mass is 10.3. The average molecular weight is 194 g/mol. The summed E-state index contributed by atoms with van der Waals surface area (Å²) < 4.78 is 0. The Balaban J connectivity index is 2.47. The number of hydrogen-bond acceptors (Lipinski definition) is 4. The molecule has 1 heterocycles. The predicted molar refractivity (Wildman–Crippen MR) is 55.5 cm³/mol. The van der Waals surface area contributed by atoms with E-state index in [0.717, 1.165) is 5.82 Å². The van der Waals surface area contributed by atoms with E-state index < -0.39 is 0 Å². The summed E-state index contributed by atoms with van der Waals surface area (Å²) in [6.45, 7) is 0.674. The maximum Gasteiger partial charge on any atom is 0.140 e. The number of nitrogens with zero attached hydrogens (tertiary/aromatic N) is 3. The molecule has 0 saturated heterocycles. The van der Waals surface area contributed by atoms with Gasteiger partial charge in [0.2, 0.25) is 0 Å². The first kappa shape index (κ1) is 10.3. The van der Waals surface area contributed by atoms with E-state index >= 15 is 0 Å². The van der Waals surface area contributed by atoms with Crippen LogP contribution in [-0.2, 0) is 0 Å². The number of anilines is 1. The van der Waals surface area contributed by atoms with Gasteiger partial charge in [-0.05, 0) is 12.1 Å². The Labute approximate surface area is 82.9 Å². The maximum absolute atomic E-state index is 8.35. The van der Waals surface area contributed by atoms with Crippen molar-refractivity contribution < 1.29 is 5.21 Å². The normalized spacial score (nSPS) is 11.4. The molecule has 0 bridgehead atoms. The van der Waals surface area contributed by atoms with Crippen LogP contribution in [-0.4, -0.2) is 29.6 Å². The van der Waals surface area contributed by atoms with Crippen molar-refractivity contribution in [1.29, 1.82) is 0 Å². The molecule has 14 heavy (non-hydrogen) atoms. The monoisotopic (exact) mass is 194 g/mol. The van der Waals surface area contributed by atoms with Gasteiger partial charge in [-0.1, -0.05) is 11.2 Å². The summed E-state index contributed by atoms with van der Waals surface area (Å²) in [7, 11) is 1.91. The smallest absolute Gasteiger partial charge is 0.140 e. The molecule has 3 N–H and O–H groups in total. The molecule has 1 rings (SSSR count). The van der Waals surface area contributed by atoms with Crippen LogP contribution in [0, 0.1) is 0 Å². The van der Waals surface area contributed by atoms with E-state index in [1.807, 2.05) is 30.1 Å². The highest BCUT2D eigenvalue weighted by atomic mass is 16.4. The second-order valence-corrected chi connectivity index (χ2v) is 2.95. The van der Waals surface area contributed by atoms with Gasteiger partial charge in [-0.15, -0.1) is 0 Å². The zero-order chi connectivity index (χ0) is 10.4. The number of pyridine rings is 1. The van der Waals surface area contributed by atoms with E-state index in [2.05, 4.69) is 10.1 Å². The Bertz CT molecular complexity index is 299. The van der Waals surface area contributed by atoms with Crippen molar-refractivity contribution in [2.45, 2.75) is 6.42 Å². The summed E-state index contributed by atoms with van der Waals surface area (Å²) in [5.74, 6) is 1.10. The van der Waals surface area contributed by atoms with Crippen LogP contribution >= 0.6 is 0 Å². The van der Waals surface area contributed by atoms with Crippen molar-refractivity contribution >= 4 is 11.7 Å². The van der Waals surface area contributed by atoms with Crippen molar-refractivity contribution in [1.82, 2.24) is 4.98 Å². The lowest BCUT2D eigenvalue weighted by Crippen LogP contribution is -2.24. The van der Waals surface area contributed by atoms with E-state index in [1.165, 1.54) is 0 Å². The Hall–Kier alpha value is -1.78. The van der Waals surface area contributed by atoms with E-state index in [1.54, 1.807) is 6.20 Å². The van der Waals surface area contributed by atoms with Gasteiger partial charge >= 0.3 is 0 Å². The minimum atomic E-state index is 0.229. The molecule has 5 heteroatoms. The van der Waals surface area contributed by atoms with Crippen molar-refractivity contribution in [2.24, 2.45) is 10.9 Å². The number of rotatable bonds is 4. The number of hydrogen-bond donors (Lipinski definition) is 2. The molecule has 0 unspecified atom stereocenters. The Morgan fingerprint density at radius 2 is 2.43 bits per heavy atom. The van der Waals surface area contributed by atoms with Crippen LogP contribution in [0.3, 0.4) is 0 Å². The van der Waals surface area contributed by atoms with Crippen LogP contribution < -0.4 is 10.6 Å². The highest BCUT2D eigenvalue weighted by Crippen LogP contribution is 2.06. The summed E-state index contributed by atoms with van der Waals surface area (Å²) in [6, 6.07) is 5.69. The average Bonchev–Trinajstić information content (AvgIpc) is 2.26. The van der Waals surface area contributed by atoms with Gasteiger partial charge < -0.3 is 15.8 Å². The second kappa shape index (κ2) is 5.06. The Kier molecular flexibility index (Phi) is 3.72. The molecule has 0 aliphatic carbocycles. The number of aromatic nitrogens is 1. The molecular weight excluding hydrogens is 180 g/mol. The molecule has 0 aliphatic rings. The largest absolute Gasteiger partial charge is 0.409 e. The Morgan fingerprint density at radius 3 is 3.00 bits per heavy atom. The van der Waals surface area contributed by atoms with Crippen molar-refractivity contribution in [3.63, 3.8) is 0 Å². The van der Waals surface area contributed by atoms with Gasteiger partial charge in [-0.25, -0.2) is 4.98 Å². The summed E-state index contributed by atoms with van der Waals surface area (Å²) in [6.07, 6.45) is 2.25. The van der Waals surface area contributed by atoms with Gasteiger partial charge in [-0.2, -0.15) is 0 Å². The summed E-state index contributed by atoms with van der Waals surface area (Å²) >= 11 is 0. The first-order chi connectivity index (χ1) is 6.74. The molecule has 76 valence electrons. The van der Waals surface area contributed by atoms with Gasteiger partial charge in [0.1, 0.15) is 11.7 Å². The van der Waals surface area contributed by atoms with Crippen LogP contribution in [0.25, 0.3) is 0 Å². The second-order valence-electron chi connectivity index (χ2n) is 2.95. The van der Waals surface area contributed by atoms with Crippen LogP contribution in [0.15, 0.2) is 29.6 Å². The molecule has 0 atom stereocenters. The molecule has 0 amide bonds. The summed E-state index contributed by atoms with van der Waals surface area (Å²) in [5, 5.41) is 11.2. The molecule has 0 spiro atoms. The van der Waals surface area contributed by atoms with Gasteiger partial charge in [0.05, 0.1) is 0 Å². The first-order valence-corrected chi connectivity index (χ1v) is 4.32. The van der Waals surface area contributed by atoms with E-state index in [4.69, 9.17) is 10.9 Å². The fraction of sp³-hybridized carbons (Fsp3) is 0.333. The van der Waals surface area contributed by atoms with E-state index in [0.29, 0.717) is 13.0 Å². The first-order valence-electron chi connectivity index (χ1n) is 4.32. The van der Waals surface area contributed by atoms with E-state index in [9.17, 15) is 0 Å². The van der Waals surface area contributed by atoms with Gasteiger partial charge in [-0.3, -0.25) is 0 Å². The predicted octanol–water partition coefficient (Wildman–Crippen LogP) is 0.654. The molecular formula is C9H14N4O. The Morgan fingerprint density at radius 1 is 1.64 bits per heavy atom. The van der Waals surface area contributed by atoms with Gasteiger partial charge in [0.15, 0.2) is 0 Å². The minimum Gasteiger partial charge on any atom is -0.409 e. The SMILES string of the molecule is CN(CC/C(N)=N/O)c1ccccn1. The molecule has 0 saturated carbocycles. The molecule has 1 aromatic heterocycles. The van der Waals surface area contributed by atoms with Gasteiger partial charge in [0.25, 0.3) is 0 Å². The number of oxime groups is 1. The maximum atomic E-state index is 8.35. The molecule has 5 nitrogen and oxygen atoms in total. The summed E-state index contributed by atoms with van der Waals surface area (Å²) in [4.78, 5) is 6.11. The third kappa shape index (κ3) is 2.93.